The molecular weight excluding hydrogens is 356 g/mol. The Bertz CT molecular complexity index is 1040. The molecule has 6 heteroatoms. The largest absolute Gasteiger partial charge is 0.467 e. The van der Waals surface area contributed by atoms with Crippen molar-refractivity contribution in [2.45, 2.75) is 13.1 Å². The van der Waals surface area contributed by atoms with Crippen LogP contribution < -0.4 is 0 Å². The van der Waals surface area contributed by atoms with Crippen molar-refractivity contribution in [3.63, 3.8) is 0 Å². The summed E-state index contributed by atoms with van der Waals surface area (Å²) in [5.41, 5.74) is 1.93. The summed E-state index contributed by atoms with van der Waals surface area (Å²) < 4.78 is 5.23. The standard InChI is InChI=1S/C22H18N2O4/c1-23(13-15-6-3-2-4-7-15)20(25)16-9-10-18-19(12-16)22(27)24(21(18)26)14-17-8-5-11-28-17/h2-12H,13-14H2,1H3. The first-order valence-corrected chi connectivity index (χ1v) is 8.86. The molecule has 0 aliphatic carbocycles. The van der Waals surface area contributed by atoms with E-state index >= 15 is 0 Å². The van der Waals surface area contributed by atoms with Crippen LogP contribution >= 0.6 is 0 Å². The topological polar surface area (TPSA) is 70.8 Å². The molecule has 0 radical (unpaired) electrons. The van der Waals surface area contributed by atoms with E-state index in [-0.39, 0.29) is 23.9 Å². The first kappa shape index (κ1) is 17.7. The summed E-state index contributed by atoms with van der Waals surface area (Å²) in [6.07, 6.45) is 1.49. The predicted octanol–water partition coefficient (Wildman–Crippen LogP) is 3.35. The van der Waals surface area contributed by atoms with Crippen molar-refractivity contribution in [2.24, 2.45) is 0 Å². The molecular formula is C22H18N2O4. The van der Waals surface area contributed by atoms with Crippen LogP contribution in [0.15, 0.2) is 71.3 Å². The third-order valence-electron chi connectivity index (χ3n) is 4.72. The molecule has 6 nitrogen and oxygen atoms in total. The van der Waals surface area contributed by atoms with Gasteiger partial charge in [0.25, 0.3) is 17.7 Å². The van der Waals surface area contributed by atoms with E-state index in [9.17, 15) is 14.4 Å². The summed E-state index contributed by atoms with van der Waals surface area (Å²) in [6.45, 7) is 0.519. The van der Waals surface area contributed by atoms with E-state index in [4.69, 9.17) is 4.42 Å². The molecule has 1 aromatic heterocycles. The van der Waals surface area contributed by atoms with Gasteiger partial charge in [-0.1, -0.05) is 30.3 Å². The van der Waals surface area contributed by atoms with E-state index in [1.165, 1.54) is 12.3 Å². The molecule has 0 saturated carbocycles. The van der Waals surface area contributed by atoms with Crippen molar-refractivity contribution in [1.82, 2.24) is 9.80 Å². The highest BCUT2D eigenvalue weighted by Crippen LogP contribution is 2.26. The molecule has 0 fully saturated rings. The first-order valence-electron chi connectivity index (χ1n) is 8.86. The summed E-state index contributed by atoms with van der Waals surface area (Å²) in [5, 5.41) is 0. The fourth-order valence-electron chi connectivity index (χ4n) is 3.28. The Morgan fingerprint density at radius 3 is 2.43 bits per heavy atom. The monoisotopic (exact) mass is 374 g/mol. The molecule has 3 amide bonds. The molecule has 0 unspecified atom stereocenters. The number of fused-ring (bicyclic) bond motifs is 1. The van der Waals surface area contributed by atoms with E-state index < -0.39 is 5.91 Å². The molecule has 0 N–H and O–H groups in total. The van der Waals surface area contributed by atoms with Gasteiger partial charge < -0.3 is 9.32 Å². The molecule has 140 valence electrons. The van der Waals surface area contributed by atoms with Crippen LogP contribution in [0.4, 0.5) is 0 Å². The van der Waals surface area contributed by atoms with Gasteiger partial charge >= 0.3 is 0 Å². The number of carbonyl (C=O) groups excluding carboxylic acids is 3. The second-order valence-corrected chi connectivity index (χ2v) is 6.68. The van der Waals surface area contributed by atoms with Crippen LogP contribution in [0.1, 0.15) is 42.4 Å². The van der Waals surface area contributed by atoms with E-state index in [0.717, 1.165) is 10.5 Å². The zero-order chi connectivity index (χ0) is 19.7. The maximum Gasteiger partial charge on any atom is 0.261 e. The minimum absolute atomic E-state index is 0.0660. The summed E-state index contributed by atoms with van der Waals surface area (Å²) in [4.78, 5) is 40.8. The molecule has 0 bridgehead atoms. The molecule has 3 aromatic rings. The molecule has 2 heterocycles. The molecule has 0 saturated heterocycles. The lowest BCUT2D eigenvalue weighted by atomic mass is 10.0. The first-order chi connectivity index (χ1) is 13.5. The number of nitrogens with zero attached hydrogens (tertiary/aromatic N) is 2. The van der Waals surface area contributed by atoms with Gasteiger partial charge in [-0.3, -0.25) is 19.3 Å². The second kappa shape index (κ2) is 7.15. The minimum atomic E-state index is -0.420. The summed E-state index contributed by atoms with van der Waals surface area (Å²) >= 11 is 0. The quantitative estimate of drug-likeness (QED) is 0.642. The van der Waals surface area contributed by atoms with Gasteiger partial charge in [0.05, 0.1) is 23.9 Å². The van der Waals surface area contributed by atoms with Gasteiger partial charge in [-0.2, -0.15) is 0 Å². The van der Waals surface area contributed by atoms with Crippen LogP contribution in [-0.4, -0.2) is 34.6 Å². The molecule has 28 heavy (non-hydrogen) atoms. The zero-order valence-corrected chi connectivity index (χ0v) is 15.3. The number of furan rings is 1. The average molecular weight is 374 g/mol. The minimum Gasteiger partial charge on any atom is -0.467 e. The Morgan fingerprint density at radius 1 is 0.964 bits per heavy atom. The average Bonchev–Trinajstić information content (AvgIpc) is 3.31. The van der Waals surface area contributed by atoms with Crippen LogP contribution in [0.2, 0.25) is 0 Å². The lowest BCUT2D eigenvalue weighted by Gasteiger charge is -2.17. The lowest BCUT2D eigenvalue weighted by molar-refractivity contribution is 0.0631. The number of imide groups is 1. The Kier molecular flexibility index (Phi) is 4.53. The van der Waals surface area contributed by atoms with Crippen molar-refractivity contribution < 1.29 is 18.8 Å². The summed E-state index contributed by atoms with van der Waals surface area (Å²) in [7, 11) is 1.71. The maximum atomic E-state index is 12.8. The van der Waals surface area contributed by atoms with Crippen LogP contribution in [0.3, 0.4) is 0 Å². The summed E-state index contributed by atoms with van der Waals surface area (Å²) in [5.74, 6) is -0.491. The number of hydrogen-bond acceptors (Lipinski definition) is 4. The molecule has 0 spiro atoms. The van der Waals surface area contributed by atoms with Gasteiger partial charge in [-0.25, -0.2) is 0 Å². The Morgan fingerprint density at radius 2 is 1.71 bits per heavy atom. The van der Waals surface area contributed by atoms with Crippen molar-refractivity contribution in [2.75, 3.05) is 7.05 Å². The van der Waals surface area contributed by atoms with Crippen molar-refractivity contribution in [1.29, 1.82) is 0 Å². The van der Waals surface area contributed by atoms with Crippen molar-refractivity contribution in [3.8, 4) is 0 Å². The predicted molar refractivity (Wildman–Crippen MR) is 102 cm³/mol. The van der Waals surface area contributed by atoms with E-state index in [1.54, 1.807) is 36.2 Å². The molecule has 0 atom stereocenters. The number of rotatable bonds is 5. The highest BCUT2D eigenvalue weighted by Gasteiger charge is 2.36. The Balaban J connectivity index is 1.55. The number of benzene rings is 2. The number of carbonyl (C=O) groups is 3. The van der Waals surface area contributed by atoms with Crippen LogP contribution in [0.25, 0.3) is 0 Å². The number of amides is 3. The fraction of sp³-hybridized carbons (Fsp3) is 0.136. The van der Waals surface area contributed by atoms with E-state index in [0.29, 0.717) is 23.4 Å². The van der Waals surface area contributed by atoms with Crippen LogP contribution in [0, 0.1) is 0 Å². The highest BCUT2D eigenvalue weighted by atomic mass is 16.3. The number of hydrogen-bond donors (Lipinski definition) is 0. The third kappa shape index (κ3) is 3.20. The smallest absolute Gasteiger partial charge is 0.261 e. The summed E-state index contributed by atoms with van der Waals surface area (Å²) in [6, 6.07) is 17.7. The molecule has 1 aliphatic heterocycles. The van der Waals surface area contributed by atoms with Crippen molar-refractivity contribution in [3.05, 3.63) is 94.9 Å². The fourth-order valence-corrected chi connectivity index (χ4v) is 3.28. The van der Waals surface area contributed by atoms with Gasteiger partial charge in [-0.15, -0.1) is 0 Å². The molecule has 2 aromatic carbocycles. The van der Waals surface area contributed by atoms with Gasteiger partial charge in [-0.05, 0) is 35.9 Å². The maximum absolute atomic E-state index is 12.8. The highest BCUT2D eigenvalue weighted by molar-refractivity contribution is 6.22. The van der Waals surface area contributed by atoms with E-state index in [2.05, 4.69) is 0 Å². The third-order valence-corrected chi connectivity index (χ3v) is 4.72. The lowest BCUT2D eigenvalue weighted by Crippen LogP contribution is -2.29. The SMILES string of the molecule is CN(Cc1ccccc1)C(=O)c1ccc2c(c1)C(=O)N(Cc1ccco1)C2=O. The molecule has 1 aliphatic rings. The second-order valence-electron chi connectivity index (χ2n) is 6.68. The van der Waals surface area contributed by atoms with Crippen LogP contribution in [-0.2, 0) is 13.1 Å². The van der Waals surface area contributed by atoms with E-state index in [1.807, 2.05) is 30.3 Å². The van der Waals surface area contributed by atoms with Gasteiger partial charge in [0.2, 0.25) is 0 Å². The normalized spacial score (nSPS) is 13.0. The van der Waals surface area contributed by atoms with Gasteiger partial charge in [0.15, 0.2) is 0 Å². The van der Waals surface area contributed by atoms with Gasteiger partial charge in [0, 0.05) is 19.2 Å². The molecule has 4 rings (SSSR count). The zero-order valence-electron chi connectivity index (χ0n) is 15.3. The Hall–Kier alpha value is -3.67. The van der Waals surface area contributed by atoms with Gasteiger partial charge in [0.1, 0.15) is 5.76 Å². The van der Waals surface area contributed by atoms with Crippen molar-refractivity contribution >= 4 is 17.7 Å². The Labute approximate surface area is 162 Å². The van der Waals surface area contributed by atoms with Crippen LogP contribution in [0.5, 0.6) is 0 Å².